The van der Waals surface area contributed by atoms with Crippen LogP contribution in [0.3, 0.4) is 0 Å². The number of benzene rings is 1. The average molecular weight is 265 g/mol. The van der Waals surface area contributed by atoms with Crippen LogP contribution in [0.25, 0.3) is 0 Å². The Balaban J connectivity index is 1.97. The lowest BCUT2D eigenvalue weighted by molar-refractivity contribution is -0.0767. The first-order valence-corrected chi connectivity index (χ1v) is 6.78. The summed E-state index contributed by atoms with van der Waals surface area (Å²) in [5.74, 6) is 0.778. The molecule has 106 valence electrons. The summed E-state index contributed by atoms with van der Waals surface area (Å²) in [6.07, 6.45) is -0.0462. The van der Waals surface area contributed by atoms with Gasteiger partial charge in [-0.3, -0.25) is 4.90 Å². The summed E-state index contributed by atoms with van der Waals surface area (Å²) >= 11 is 0. The number of hydrogen-bond acceptors (Lipinski definition) is 4. The Morgan fingerprint density at radius 1 is 1.37 bits per heavy atom. The van der Waals surface area contributed by atoms with E-state index in [4.69, 9.17) is 9.47 Å². The molecule has 1 saturated heterocycles. The molecule has 1 unspecified atom stereocenters. The van der Waals surface area contributed by atoms with Gasteiger partial charge in [-0.15, -0.1) is 0 Å². The van der Waals surface area contributed by atoms with E-state index in [1.807, 2.05) is 24.3 Å². The predicted octanol–water partition coefficient (Wildman–Crippen LogP) is 1.84. The largest absolute Gasteiger partial charge is 0.497 e. The quantitative estimate of drug-likeness (QED) is 0.902. The SMILES string of the molecule is COc1cccc(C(O)CN2C[C@@H](C)O[C@@H](C)C2)c1. The summed E-state index contributed by atoms with van der Waals surface area (Å²) in [5.41, 5.74) is 0.895. The second kappa shape index (κ2) is 6.37. The zero-order chi connectivity index (χ0) is 13.8. The Bertz CT molecular complexity index is 400. The van der Waals surface area contributed by atoms with Crippen LogP contribution in [0.2, 0.25) is 0 Å². The lowest BCUT2D eigenvalue weighted by Crippen LogP contribution is -2.46. The lowest BCUT2D eigenvalue weighted by atomic mass is 10.1. The van der Waals surface area contributed by atoms with E-state index in [-0.39, 0.29) is 12.2 Å². The molecule has 0 aliphatic carbocycles. The van der Waals surface area contributed by atoms with E-state index in [9.17, 15) is 5.11 Å². The maximum absolute atomic E-state index is 10.3. The summed E-state index contributed by atoms with van der Waals surface area (Å²) in [7, 11) is 1.64. The van der Waals surface area contributed by atoms with Crippen LogP contribution in [0.5, 0.6) is 5.75 Å². The minimum absolute atomic E-state index is 0.223. The number of β-amino-alcohol motifs (C(OH)–C–C–N with tert-alkyl or cyclic N) is 1. The minimum atomic E-state index is -0.493. The van der Waals surface area contributed by atoms with Crippen LogP contribution >= 0.6 is 0 Å². The topological polar surface area (TPSA) is 41.9 Å². The highest BCUT2D eigenvalue weighted by Crippen LogP contribution is 2.21. The molecular weight excluding hydrogens is 242 g/mol. The predicted molar refractivity (Wildman–Crippen MR) is 74.4 cm³/mol. The van der Waals surface area contributed by atoms with Gasteiger partial charge in [-0.25, -0.2) is 0 Å². The summed E-state index contributed by atoms with van der Waals surface area (Å²) in [6, 6.07) is 7.61. The standard InChI is InChI=1S/C15H23NO3/c1-11-8-16(9-12(2)19-11)10-15(17)13-5-4-6-14(7-13)18-3/h4-7,11-12,15,17H,8-10H2,1-3H3/t11-,12+,15?. The van der Waals surface area contributed by atoms with E-state index in [1.54, 1.807) is 7.11 Å². The molecule has 1 aliphatic rings. The molecule has 0 radical (unpaired) electrons. The fraction of sp³-hybridized carbons (Fsp3) is 0.600. The second-order valence-electron chi connectivity index (χ2n) is 5.27. The van der Waals surface area contributed by atoms with E-state index < -0.39 is 6.10 Å². The van der Waals surface area contributed by atoms with Crippen molar-refractivity contribution in [3.63, 3.8) is 0 Å². The van der Waals surface area contributed by atoms with Crippen molar-refractivity contribution in [3.05, 3.63) is 29.8 Å². The zero-order valence-electron chi connectivity index (χ0n) is 11.9. The third-order valence-electron chi connectivity index (χ3n) is 3.40. The van der Waals surface area contributed by atoms with Gasteiger partial charge in [-0.05, 0) is 31.5 Å². The van der Waals surface area contributed by atoms with Crippen molar-refractivity contribution in [1.29, 1.82) is 0 Å². The molecule has 0 bridgehead atoms. The highest BCUT2D eigenvalue weighted by atomic mass is 16.5. The smallest absolute Gasteiger partial charge is 0.119 e. The fourth-order valence-electron chi connectivity index (χ4n) is 2.63. The highest BCUT2D eigenvalue weighted by Gasteiger charge is 2.24. The summed E-state index contributed by atoms with van der Waals surface area (Å²) in [4.78, 5) is 2.25. The number of hydrogen-bond donors (Lipinski definition) is 1. The van der Waals surface area contributed by atoms with E-state index in [0.717, 1.165) is 24.4 Å². The van der Waals surface area contributed by atoms with Crippen LogP contribution in [-0.4, -0.2) is 49.0 Å². The van der Waals surface area contributed by atoms with Crippen molar-refractivity contribution >= 4 is 0 Å². The molecule has 0 saturated carbocycles. The Labute approximate surface area is 114 Å². The molecule has 3 atom stereocenters. The van der Waals surface area contributed by atoms with Crippen LogP contribution in [-0.2, 0) is 4.74 Å². The van der Waals surface area contributed by atoms with E-state index in [2.05, 4.69) is 18.7 Å². The average Bonchev–Trinajstić information content (AvgIpc) is 2.37. The molecular formula is C15H23NO3. The number of nitrogens with zero attached hydrogens (tertiary/aromatic N) is 1. The van der Waals surface area contributed by atoms with Gasteiger partial charge in [0, 0.05) is 19.6 Å². The van der Waals surface area contributed by atoms with Crippen molar-refractivity contribution < 1.29 is 14.6 Å². The van der Waals surface area contributed by atoms with Gasteiger partial charge in [-0.2, -0.15) is 0 Å². The first-order chi connectivity index (χ1) is 9.08. The van der Waals surface area contributed by atoms with Crippen molar-refractivity contribution in [2.24, 2.45) is 0 Å². The van der Waals surface area contributed by atoms with Crippen LogP contribution in [0.1, 0.15) is 25.5 Å². The van der Waals surface area contributed by atoms with Crippen LogP contribution < -0.4 is 4.74 Å². The molecule has 4 nitrogen and oxygen atoms in total. The lowest BCUT2D eigenvalue weighted by Gasteiger charge is -2.36. The molecule has 1 heterocycles. The van der Waals surface area contributed by atoms with Crippen LogP contribution in [0.4, 0.5) is 0 Å². The van der Waals surface area contributed by atoms with Gasteiger partial charge in [0.15, 0.2) is 0 Å². The third-order valence-corrected chi connectivity index (χ3v) is 3.40. The minimum Gasteiger partial charge on any atom is -0.497 e. The van der Waals surface area contributed by atoms with Gasteiger partial charge in [-0.1, -0.05) is 12.1 Å². The number of morpholine rings is 1. The number of methoxy groups -OCH3 is 1. The van der Waals surface area contributed by atoms with Gasteiger partial charge in [0.1, 0.15) is 5.75 Å². The Hall–Kier alpha value is -1.10. The Morgan fingerprint density at radius 2 is 2.05 bits per heavy atom. The molecule has 1 aromatic carbocycles. The number of ether oxygens (including phenoxy) is 2. The summed E-state index contributed by atoms with van der Waals surface area (Å²) in [6.45, 7) is 6.50. The van der Waals surface area contributed by atoms with Crippen molar-refractivity contribution in [3.8, 4) is 5.75 Å². The molecule has 2 rings (SSSR count). The highest BCUT2D eigenvalue weighted by molar-refractivity contribution is 5.29. The maximum atomic E-state index is 10.3. The number of aliphatic hydroxyl groups excluding tert-OH is 1. The molecule has 0 spiro atoms. The molecule has 19 heavy (non-hydrogen) atoms. The van der Waals surface area contributed by atoms with E-state index >= 15 is 0 Å². The maximum Gasteiger partial charge on any atom is 0.119 e. The first-order valence-electron chi connectivity index (χ1n) is 6.78. The van der Waals surface area contributed by atoms with Crippen molar-refractivity contribution in [2.75, 3.05) is 26.7 Å². The van der Waals surface area contributed by atoms with Crippen molar-refractivity contribution in [2.45, 2.75) is 32.2 Å². The van der Waals surface area contributed by atoms with E-state index in [1.165, 1.54) is 0 Å². The normalized spacial score (nSPS) is 26.1. The van der Waals surface area contributed by atoms with Gasteiger partial charge in [0.2, 0.25) is 0 Å². The Kier molecular flexibility index (Phi) is 4.80. The van der Waals surface area contributed by atoms with Crippen LogP contribution in [0.15, 0.2) is 24.3 Å². The second-order valence-corrected chi connectivity index (χ2v) is 5.27. The number of aliphatic hydroxyl groups is 1. The fourth-order valence-corrected chi connectivity index (χ4v) is 2.63. The summed E-state index contributed by atoms with van der Waals surface area (Å²) < 4.78 is 10.9. The van der Waals surface area contributed by atoms with Crippen molar-refractivity contribution in [1.82, 2.24) is 4.90 Å². The third kappa shape index (κ3) is 3.93. The molecule has 1 fully saturated rings. The molecule has 1 aromatic rings. The monoisotopic (exact) mass is 265 g/mol. The van der Waals surface area contributed by atoms with Gasteiger partial charge >= 0.3 is 0 Å². The first kappa shape index (κ1) is 14.3. The van der Waals surface area contributed by atoms with Gasteiger partial charge in [0.25, 0.3) is 0 Å². The molecule has 0 aromatic heterocycles. The molecule has 0 amide bonds. The van der Waals surface area contributed by atoms with E-state index in [0.29, 0.717) is 6.54 Å². The summed E-state index contributed by atoms with van der Waals surface area (Å²) in [5, 5.41) is 10.3. The zero-order valence-corrected chi connectivity index (χ0v) is 11.9. The molecule has 1 aliphatic heterocycles. The van der Waals surface area contributed by atoms with Gasteiger partial charge in [0.05, 0.1) is 25.4 Å². The van der Waals surface area contributed by atoms with Crippen LogP contribution in [0, 0.1) is 0 Å². The molecule has 1 N–H and O–H groups in total. The van der Waals surface area contributed by atoms with Gasteiger partial charge < -0.3 is 14.6 Å². The molecule has 4 heteroatoms. The Morgan fingerprint density at radius 3 is 2.68 bits per heavy atom. The number of rotatable bonds is 4.